The zero-order valence-electron chi connectivity index (χ0n) is 15.1. The van der Waals surface area contributed by atoms with Crippen LogP contribution in [0.5, 0.6) is 0 Å². The van der Waals surface area contributed by atoms with Crippen molar-refractivity contribution in [3.8, 4) is 0 Å². The molecule has 6 nitrogen and oxygen atoms in total. The van der Waals surface area contributed by atoms with Crippen LogP contribution < -0.4 is 14.9 Å². The molecule has 0 bridgehead atoms. The molecule has 0 unspecified atom stereocenters. The molecule has 1 amide bonds. The third kappa shape index (κ3) is 6.40. The third-order valence-corrected chi connectivity index (χ3v) is 4.43. The van der Waals surface area contributed by atoms with Crippen molar-refractivity contribution in [3.63, 3.8) is 0 Å². The van der Waals surface area contributed by atoms with Gasteiger partial charge in [0.1, 0.15) is 0 Å². The molecule has 0 saturated carbocycles. The van der Waals surface area contributed by atoms with Gasteiger partial charge in [0, 0.05) is 36.6 Å². The Morgan fingerprint density at radius 3 is 2.46 bits per heavy atom. The second kappa shape index (κ2) is 9.24. The average Bonchev–Trinajstić information content (AvgIpc) is 2.61. The van der Waals surface area contributed by atoms with Crippen molar-refractivity contribution in [3.05, 3.63) is 60.2 Å². The molecule has 0 atom stereocenters. The van der Waals surface area contributed by atoms with Crippen LogP contribution >= 0.6 is 0 Å². The highest BCUT2D eigenvalue weighted by Gasteiger charge is 2.08. The van der Waals surface area contributed by atoms with Crippen LogP contribution in [0.3, 0.4) is 0 Å². The van der Waals surface area contributed by atoms with Crippen LogP contribution in [0.25, 0.3) is 0 Å². The highest BCUT2D eigenvalue weighted by Crippen LogP contribution is 2.13. The summed E-state index contributed by atoms with van der Waals surface area (Å²) in [7, 11) is -3.37. The SMILES string of the molecule is CCN(CCCNC(=O)c1cccc(NS(C)(=O)=O)c1)c1ccccc1. The maximum Gasteiger partial charge on any atom is 0.251 e. The molecule has 0 aliphatic rings. The summed E-state index contributed by atoms with van der Waals surface area (Å²) in [6.07, 6.45) is 1.89. The number of amides is 1. The summed E-state index contributed by atoms with van der Waals surface area (Å²) in [5.74, 6) is -0.218. The van der Waals surface area contributed by atoms with Crippen molar-refractivity contribution in [1.82, 2.24) is 5.32 Å². The van der Waals surface area contributed by atoms with Crippen LogP contribution in [0.1, 0.15) is 23.7 Å². The summed E-state index contributed by atoms with van der Waals surface area (Å²) in [5.41, 5.74) is 1.97. The molecule has 2 aromatic rings. The minimum absolute atomic E-state index is 0.218. The van der Waals surface area contributed by atoms with Gasteiger partial charge in [-0.3, -0.25) is 9.52 Å². The minimum Gasteiger partial charge on any atom is -0.372 e. The van der Waals surface area contributed by atoms with Crippen molar-refractivity contribution in [2.75, 3.05) is 35.5 Å². The lowest BCUT2D eigenvalue weighted by molar-refractivity contribution is 0.0953. The quantitative estimate of drug-likeness (QED) is 0.661. The number of benzene rings is 2. The zero-order chi connectivity index (χ0) is 19.0. The van der Waals surface area contributed by atoms with Gasteiger partial charge >= 0.3 is 0 Å². The van der Waals surface area contributed by atoms with Crippen LogP contribution in [0.2, 0.25) is 0 Å². The lowest BCUT2D eigenvalue weighted by Crippen LogP contribution is -2.30. The molecule has 0 heterocycles. The standard InChI is InChI=1S/C19H25N3O3S/c1-3-22(18-11-5-4-6-12-18)14-8-13-20-19(23)16-9-7-10-17(15-16)21-26(2,24)25/h4-7,9-12,15,21H,3,8,13-14H2,1-2H3,(H,20,23). The van der Waals surface area contributed by atoms with Gasteiger partial charge in [-0.2, -0.15) is 0 Å². The zero-order valence-corrected chi connectivity index (χ0v) is 15.9. The van der Waals surface area contributed by atoms with E-state index in [1.807, 2.05) is 18.2 Å². The molecule has 0 saturated heterocycles. The normalized spacial score (nSPS) is 11.0. The minimum atomic E-state index is -3.37. The molecule has 0 aliphatic carbocycles. The maximum absolute atomic E-state index is 12.2. The predicted octanol–water partition coefficient (Wildman–Crippen LogP) is 2.70. The number of para-hydroxylation sites is 1. The van der Waals surface area contributed by atoms with Crippen molar-refractivity contribution >= 4 is 27.3 Å². The molecular weight excluding hydrogens is 350 g/mol. The number of nitrogens with zero attached hydrogens (tertiary/aromatic N) is 1. The first-order valence-electron chi connectivity index (χ1n) is 8.55. The highest BCUT2D eigenvalue weighted by atomic mass is 32.2. The van der Waals surface area contributed by atoms with Gasteiger partial charge in [-0.15, -0.1) is 0 Å². The van der Waals surface area contributed by atoms with Crippen molar-refractivity contribution in [1.29, 1.82) is 0 Å². The van der Waals surface area contributed by atoms with Crippen molar-refractivity contribution in [2.45, 2.75) is 13.3 Å². The molecule has 2 rings (SSSR count). The molecule has 26 heavy (non-hydrogen) atoms. The van der Waals surface area contributed by atoms with E-state index in [1.54, 1.807) is 18.2 Å². The number of hydrogen-bond donors (Lipinski definition) is 2. The fraction of sp³-hybridized carbons (Fsp3) is 0.316. The summed E-state index contributed by atoms with van der Waals surface area (Å²) in [6, 6.07) is 16.6. The smallest absolute Gasteiger partial charge is 0.251 e. The molecule has 0 aliphatic heterocycles. The van der Waals surface area contributed by atoms with E-state index in [0.717, 1.165) is 25.8 Å². The van der Waals surface area contributed by atoms with E-state index in [2.05, 4.69) is 34.0 Å². The first kappa shape index (κ1) is 19.8. The number of anilines is 2. The Balaban J connectivity index is 1.84. The third-order valence-electron chi connectivity index (χ3n) is 3.82. The molecule has 0 fully saturated rings. The van der Waals surface area contributed by atoms with E-state index in [1.165, 1.54) is 11.8 Å². The number of carbonyl (C=O) groups excluding carboxylic acids is 1. The Morgan fingerprint density at radius 1 is 1.08 bits per heavy atom. The van der Waals surface area contributed by atoms with Gasteiger partial charge in [0.05, 0.1) is 6.26 Å². The Morgan fingerprint density at radius 2 is 1.81 bits per heavy atom. The van der Waals surface area contributed by atoms with Crippen LogP contribution in [-0.4, -0.2) is 40.2 Å². The summed E-state index contributed by atoms with van der Waals surface area (Å²) < 4.78 is 24.9. The molecular formula is C19H25N3O3S. The van der Waals surface area contributed by atoms with E-state index in [4.69, 9.17) is 0 Å². The molecule has 0 spiro atoms. The first-order chi connectivity index (χ1) is 12.4. The summed E-state index contributed by atoms with van der Waals surface area (Å²) in [6.45, 7) is 4.39. The van der Waals surface area contributed by atoms with E-state index in [0.29, 0.717) is 17.8 Å². The average molecular weight is 375 g/mol. The van der Waals surface area contributed by atoms with Crippen LogP contribution in [0.4, 0.5) is 11.4 Å². The molecule has 7 heteroatoms. The molecule has 2 N–H and O–H groups in total. The van der Waals surface area contributed by atoms with E-state index >= 15 is 0 Å². The number of nitrogens with one attached hydrogen (secondary N) is 2. The van der Waals surface area contributed by atoms with E-state index in [9.17, 15) is 13.2 Å². The maximum atomic E-state index is 12.2. The Kier molecular flexibility index (Phi) is 7.03. The lowest BCUT2D eigenvalue weighted by Gasteiger charge is -2.23. The number of carbonyl (C=O) groups is 1. The second-order valence-corrected chi connectivity index (χ2v) is 7.73. The van der Waals surface area contributed by atoms with Crippen LogP contribution in [0.15, 0.2) is 54.6 Å². The monoisotopic (exact) mass is 375 g/mol. The fourth-order valence-electron chi connectivity index (χ4n) is 2.62. The molecule has 0 aromatic heterocycles. The molecule has 2 aromatic carbocycles. The van der Waals surface area contributed by atoms with E-state index in [-0.39, 0.29) is 5.91 Å². The largest absolute Gasteiger partial charge is 0.372 e. The number of hydrogen-bond acceptors (Lipinski definition) is 4. The summed E-state index contributed by atoms with van der Waals surface area (Å²) >= 11 is 0. The second-order valence-electron chi connectivity index (χ2n) is 5.98. The topological polar surface area (TPSA) is 78.5 Å². The number of sulfonamides is 1. The van der Waals surface area contributed by atoms with Crippen LogP contribution in [0, 0.1) is 0 Å². The number of rotatable bonds is 9. The molecule has 140 valence electrons. The summed E-state index contributed by atoms with van der Waals surface area (Å²) in [4.78, 5) is 14.5. The van der Waals surface area contributed by atoms with Gasteiger partial charge in [-0.1, -0.05) is 24.3 Å². The fourth-order valence-corrected chi connectivity index (χ4v) is 3.18. The highest BCUT2D eigenvalue weighted by molar-refractivity contribution is 7.92. The predicted molar refractivity (Wildman–Crippen MR) is 106 cm³/mol. The van der Waals surface area contributed by atoms with Gasteiger partial charge in [0.15, 0.2) is 0 Å². The Labute approximate surface area is 155 Å². The van der Waals surface area contributed by atoms with Crippen LogP contribution in [-0.2, 0) is 10.0 Å². The lowest BCUT2D eigenvalue weighted by atomic mass is 10.2. The van der Waals surface area contributed by atoms with Gasteiger partial charge in [-0.05, 0) is 43.7 Å². The Hall–Kier alpha value is -2.54. The molecule has 0 radical (unpaired) electrons. The van der Waals surface area contributed by atoms with Gasteiger partial charge in [0.2, 0.25) is 10.0 Å². The van der Waals surface area contributed by atoms with Crippen molar-refractivity contribution < 1.29 is 13.2 Å². The van der Waals surface area contributed by atoms with Crippen molar-refractivity contribution in [2.24, 2.45) is 0 Å². The van der Waals surface area contributed by atoms with Gasteiger partial charge in [0.25, 0.3) is 5.91 Å². The first-order valence-corrected chi connectivity index (χ1v) is 10.4. The van der Waals surface area contributed by atoms with E-state index < -0.39 is 10.0 Å². The van der Waals surface area contributed by atoms with Gasteiger partial charge in [-0.25, -0.2) is 8.42 Å². The van der Waals surface area contributed by atoms with Gasteiger partial charge < -0.3 is 10.2 Å². The summed E-state index contributed by atoms with van der Waals surface area (Å²) in [5, 5.41) is 2.88. The Bertz CT molecular complexity index is 823.